The van der Waals surface area contributed by atoms with E-state index in [2.05, 4.69) is 19.6 Å². The Kier molecular flexibility index (Phi) is 1.94. The molecule has 0 heterocycles. The molecule has 68 valence electrons. The largest absolute Gasteiger partial charge is 0.0743 e. The maximum atomic E-state index is 2.50. The second kappa shape index (κ2) is 2.73. The summed E-state index contributed by atoms with van der Waals surface area (Å²) in [6.45, 7) is 7.51. The van der Waals surface area contributed by atoms with Crippen LogP contribution < -0.4 is 0 Å². The van der Waals surface area contributed by atoms with E-state index in [0.29, 0.717) is 0 Å². The fraction of sp³-hybridized carbons (Fsp3) is 0.818. The van der Waals surface area contributed by atoms with Gasteiger partial charge in [0.1, 0.15) is 0 Å². The van der Waals surface area contributed by atoms with Crippen LogP contribution in [0, 0.1) is 5.92 Å². The zero-order valence-corrected chi connectivity index (χ0v) is 9.61. The van der Waals surface area contributed by atoms with Crippen LogP contribution >= 0.6 is 0 Å². The minimum Gasteiger partial charge on any atom is -0.0743 e. The Labute approximate surface area is 77.1 Å². The SMILES string of the molecule is C[Si](C)(C)C1=C2CCCCCC21. The highest BCUT2D eigenvalue weighted by molar-refractivity contribution is 6.84. The molecule has 0 saturated heterocycles. The monoisotopic (exact) mass is 180 g/mol. The molecular formula is C11H20Si. The third-order valence-corrected chi connectivity index (χ3v) is 5.56. The van der Waals surface area contributed by atoms with Gasteiger partial charge in [-0.1, -0.05) is 43.3 Å². The van der Waals surface area contributed by atoms with E-state index < -0.39 is 8.07 Å². The lowest BCUT2D eigenvalue weighted by molar-refractivity contribution is 0.665. The molecule has 0 spiro atoms. The third kappa shape index (κ3) is 1.39. The number of hydrogen-bond donors (Lipinski definition) is 0. The molecule has 12 heavy (non-hydrogen) atoms. The van der Waals surface area contributed by atoms with Crippen LogP contribution in [0.15, 0.2) is 10.8 Å². The first-order chi connectivity index (χ1) is 5.61. The minimum absolute atomic E-state index is 0.894. The molecule has 0 amide bonds. The van der Waals surface area contributed by atoms with Gasteiger partial charge in [-0.3, -0.25) is 0 Å². The lowest BCUT2D eigenvalue weighted by Gasteiger charge is -2.13. The van der Waals surface area contributed by atoms with E-state index in [1.807, 2.05) is 10.8 Å². The Morgan fingerprint density at radius 3 is 2.50 bits per heavy atom. The molecular weight excluding hydrogens is 160 g/mol. The summed E-state index contributed by atoms with van der Waals surface area (Å²) in [5, 5.41) is 1.95. The van der Waals surface area contributed by atoms with Crippen molar-refractivity contribution in [1.82, 2.24) is 0 Å². The van der Waals surface area contributed by atoms with Crippen LogP contribution in [0.4, 0.5) is 0 Å². The number of rotatable bonds is 1. The van der Waals surface area contributed by atoms with Crippen LogP contribution in [0.2, 0.25) is 19.6 Å². The Hall–Kier alpha value is -0.0431. The summed E-state index contributed by atoms with van der Waals surface area (Å²) in [7, 11) is -0.894. The quantitative estimate of drug-likeness (QED) is 0.539. The predicted octanol–water partition coefficient (Wildman–Crippen LogP) is 3.75. The summed E-state index contributed by atoms with van der Waals surface area (Å²) in [4.78, 5) is 0. The summed E-state index contributed by atoms with van der Waals surface area (Å²) in [6, 6.07) is 0. The second-order valence-corrected chi connectivity index (χ2v) is 10.4. The highest BCUT2D eigenvalue weighted by Gasteiger charge is 2.42. The molecule has 1 atom stereocenters. The van der Waals surface area contributed by atoms with Gasteiger partial charge in [0.15, 0.2) is 0 Å². The van der Waals surface area contributed by atoms with Crippen molar-refractivity contribution in [2.75, 3.05) is 0 Å². The smallest absolute Gasteiger partial charge is 0.0732 e. The Bertz CT molecular complexity index is 220. The van der Waals surface area contributed by atoms with Crippen molar-refractivity contribution in [1.29, 1.82) is 0 Å². The summed E-state index contributed by atoms with van der Waals surface area (Å²) < 4.78 is 0. The molecule has 0 N–H and O–H groups in total. The van der Waals surface area contributed by atoms with Gasteiger partial charge in [-0.05, 0) is 25.2 Å². The van der Waals surface area contributed by atoms with Crippen molar-refractivity contribution < 1.29 is 0 Å². The molecule has 0 aliphatic heterocycles. The molecule has 0 radical (unpaired) electrons. The first-order valence-electron chi connectivity index (χ1n) is 5.34. The Morgan fingerprint density at radius 1 is 1.08 bits per heavy atom. The highest BCUT2D eigenvalue weighted by Crippen LogP contribution is 2.52. The molecule has 2 rings (SSSR count). The fourth-order valence-electron chi connectivity index (χ4n) is 2.79. The number of allylic oxidation sites excluding steroid dienone is 2. The van der Waals surface area contributed by atoms with Crippen molar-refractivity contribution >= 4 is 8.07 Å². The van der Waals surface area contributed by atoms with Crippen LogP contribution in [-0.2, 0) is 0 Å². The van der Waals surface area contributed by atoms with Gasteiger partial charge < -0.3 is 0 Å². The van der Waals surface area contributed by atoms with Crippen LogP contribution in [0.5, 0.6) is 0 Å². The van der Waals surface area contributed by atoms with Gasteiger partial charge in [0, 0.05) is 0 Å². The van der Waals surface area contributed by atoms with E-state index >= 15 is 0 Å². The molecule has 2 aliphatic rings. The van der Waals surface area contributed by atoms with Crippen LogP contribution in [0.3, 0.4) is 0 Å². The molecule has 1 fully saturated rings. The van der Waals surface area contributed by atoms with Gasteiger partial charge in [0.05, 0.1) is 8.07 Å². The van der Waals surface area contributed by atoms with E-state index in [1.54, 1.807) is 0 Å². The topological polar surface area (TPSA) is 0 Å². The Morgan fingerprint density at radius 2 is 1.83 bits per heavy atom. The zero-order valence-electron chi connectivity index (χ0n) is 8.61. The van der Waals surface area contributed by atoms with Crippen LogP contribution in [-0.4, -0.2) is 8.07 Å². The van der Waals surface area contributed by atoms with E-state index in [1.165, 1.54) is 32.1 Å². The maximum Gasteiger partial charge on any atom is 0.0732 e. The number of fused-ring (bicyclic) bond motifs is 1. The maximum absolute atomic E-state index is 2.50. The van der Waals surface area contributed by atoms with E-state index in [9.17, 15) is 0 Å². The summed E-state index contributed by atoms with van der Waals surface area (Å²) in [6.07, 6.45) is 7.39. The van der Waals surface area contributed by atoms with Gasteiger partial charge in [0.2, 0.25) is 0 Å². The van der Waals surface area contributed by atoms with Crippen molar-refractivity contribution in [3.8, 4) is 0 Å². The lowest BCUT2D eigenvalue weighted by Crippen LogP contribution is -2.20. The molecule has 0 nitrogen and oxygen atoms in total. The predicted molar refractivity (Wildman–Crippen MR) is 56.9 cm³/mol. The molecule has 0 bridgehead atoms. The standard InChI is InChI=1S/C11H20Si/c1-12(2,3)11-9-7-5-4-6-8-10(9)11/h9H,4-8H2,1-3H3. The molecule has 2 aliphatic carbocycles. The first kappa shape index (κ1) is 8.55. The summed E-state index contributed by atoms with van der Waals surface area (Å²) in [5.74, 6) is 1.01. The third-order valence-electron chi connectivity index (χ3n) is 3.28. The van der Waals surface area contributed by atoms with Gasteiger partial charge >= 0.3 is 0 Å². The van der Waals surface area contributed by atoms with Crippen molar-refractivity contribution in [2.24, 2.45) is 5.92 Å². The van der Waals surface area contributed by atoms with Gasteiger partial charge in [-0.15, -0.1) is 0 Å². The molecule has 1 saturated carbocycles. The van der Waals surface area contributed by atoms with E-state index in [-0.39, 0.29) is 0 Å². The Balaban J connectivity index is 2.10. The van der Waals surface area contributed by atoms with Crippen molar-refractivity contribution in [3.63, 3.8) is 0 Å². The van der Waals surface area contributed by atoms with E-state index in [0.717, 1.165) is 5.92 Å². The lowest BCUT2D eigenvalue weighted by atomic mass is 10.2. The minimum atomic E-state index is -0.894. The van der Waals surface area contributed by atoms with Gasteiger partial charge in [-0.25, -0.2) is 0 Å². The average Bonchev–Trinajstić information content (AvgIpc) is 2.54. The van der Waals surface area contributed by atoms with E-state index in [4.69, 9.17) is 0 Å². The number of hydrogen-bond acceptors (Lipinski definition) is 0. The highest BCUT2D eigenvalue weighted by atomic mass is 28.3. The van der Waals surface area contributed by atoms with Crippen molar-refractivity contribution in [2.45, 2.75) is 51.7 Å². The van der Waals surface area contributed by atoms with Crippen LogP contribution in [0.1, 0.15) is 32.1 Å². The van der Waals surface area contributed by atoms with Crippen molar-refractivity contribution in [3.05, 3.63) is 10.8 Å². The molecule has 0 aromatic heterocycles. The van der Waals surface area contributed by atoms with Crippen LogP contribution in [0.25, 0.3) is 0 Å². The second-order valence-electron chi connectivity index (χ2n) is 5.34. The molecule has 1 heteroatoms. The summed E-state index contributed by atoms with van der Waals surface area (Å²) in [5.41, 5.74) is 1.90. The van der Waals surface area contributed by atoms with Gasteiger partial charge in [0.25, 0.3) is 0 Å². The zero-order chi connectivity index (χ0) is 8.77. The fourth-order valence-corrected chi connectivity index (χ4v) is 5.35. The summed E-state index contributed by atoms with van der Waals surface area (Å²) >= 11 is 0. The van der Waals surface area contributed by atoms with Gasteiger partial charge in [-0.2, -0.15) is 0 Å². The first-order valence-corrected chi connectivity index (χ1v) is 8.84. The average molecular weight is 180 g/mol. The molecule has 0 aromatic carbocycles. The molecule has 0 aromatic rings. The normalized spacial score (nSPS) is 29.8. The molecule has 1 unspecified atom stereocenters.